The van der Waals surface area contributed by atoms with E-state index >= 15 is 0 Å². The number of anilines is 1. The van der Waals surface area contributed by atoms with Crippen molar-refractivity contribution in [3.8, 4) is 0 Å². The molecule has 1 aliphatic carbocycles. The minimum absolute atomic E-state index is 0.0156. The number of carbonyl (C=O) groups is 2. The zero-order valence-corrected chi connectivity index (χ0v) is 15.3. The molecule has 0 radical (unpaired) electrons. The molecular formula is C20H28N4O2. The normalized spacial score (nSPS) is 27.4. The van der Waals surface area contributed by atoms with E-state index in [2.05, 4.69) is 15.2 Å². The van der Waals surface area contributed by atoms with Gasteiger partial charge in [0.1, 0.15) is 5.82 Å². The Morgan fingerprint density at radius 1 is 1.19 bits per heavy atom. The molecule has 2 saturated heterocycles. The number of hydrogen-bond donors (Lipinski definition) is 1. The van der Waals surface area contributed by atoms with E-state index in [9.17, 15) is 9.59 Å². The fourth-order valence-corrected chi connectivity index (χ4v) is 4.61. The van der Waals surface area contributed by atoms with Gasteiger partial charge in [-0.05, 0) is 37.3 Å². The lowest BCUT2D eigenvalue weighted by atomic mass is 10.1. The summed E-state index contributed by atoms with van der Waals surface area (Å²) in [5.41, 5.74) is 0. The molecule has 26 heavy (non-hydrogen) atoms. The molecule has 1 saturated carbocycles. The molecule has 2 aliphatic heterocycles. The molecule has 0 spiro atoms. The second-order valence-corrected chi connectivity index (χ2v) is 8.00. The van der Waals surface area contributed by atoms with E-state index in [0.29, 0.717) is 12.4 Å². The fraction of sp³-hybridized carbons (Fsp3) is 0.650. The molecule has 1 aromatic heterocycles. The van der Waals surface area contributed by atoms with Gasteiger partial charge in [0.15, 0.2) is 0 Å². The van der Waals surface area contributed by atoms with Crippen LogP contribution in [0.5, 0.6) is 0 Å². The van der Waals surface area contributed by atoms with Gasteiger partial charge in [-0.25, -0.2) is 4.98 Å². The largest absolute Gasteiger partial charge is 0.352 e. The molecular weight excluding hydrogens is 328 g/mol. The third kappa shape index (κ3) is 3.90. The molecule has 3 heterocycles. The van der Waals surface area contributed by atoms with E-state index < -0.39 is 0 Å². The van der Waals surface area contributed by atoms with Crippen molar-refractivity contribution < 1.29 is 9.59 Å². The van der Waals surface area contributed by atoms with Gasteiger partial charge in [-0.15, -0.1) is 0 Å². The highest BCUT2D eigenvalue weighted by molar-refractivity contribution is 5.99. The Bertz CT molecular complexity index is 644. The topological polar surface area (TPSA) is 65.5 Å². The number of hydrogen-bond acceptors (Lipinski definition) is 4. The van der Waals surface area contributed by atoms with Crippen molar-refractivity contribution >= 4 is 17.6 Å². The van der Waals surface area contributed by atoms with Crippen molar-refractivity contribution in [1.82, 2.24) is 15.2 Å². The molecule has 0 aromatic carbocycles. The second-order valence-electron chi connectivity index (χ2n) is 8.00. The maximum absolute atomic E-state index is 12.6. The van der Waals surface area contributed by atoms with E-state index in [1.54, 1.807) is 11.1 Å². The van der Waals surface area contributed by atoms with Gasteiger partial charge in [0.25, 0.3) is 0 Å². The van der Waals surface area contributed by atoms with Crippen LogP contribution in [0.4, 0.5) is 5.82 Å². The SMILES string of the molecule is O=C(N[C@@H]1CCN(CC2CCCC2)C1)[C@H]1CC(=O)N(c2ccccn2)C1. The Labute approximate surface area is 155 Å². The molecule has 4 rings (SSSR count). The molecule has 2 amide bonds. The van der Waals surface area contributed by atoms with E-state index in [0.717, 1.165) is 25.4 Å². The third-order valence-corrected chi connectivity index (χ3v) is 6.03. The first-order chi connectivity index (χ1) is 12.7. The van der Waals surface area contributed by atoms with Crippen LogP contribution in [-0.4, -0.2) is 53.9 Å². The van der Waals surface area contributed by atoms with Gasteiger partial charge in [0.2, 0.25) is 11.8 Å². The Morgan fingerprint density at radius 3 is 2.81 bits per heavy atom. The van der Waals surface area contributed by atoms with E-state index in [1.165, 1.54) is 32.2 Å². The van der Waals surface area contributed by atoms with Crippen LogP contribution in [0.25, 0.3) is 0 Å². The molecule has 6 heteroatoms. The molecule has 0 bridgehead atoms. The van der Waals surface area contributed by atoms with Crippen LogP contribution in [0.1, 0.15) is 38.5 Å². The van der Waals surface area contributed by atoms with Crippen molar-refractivity contribution in [2.45, 2.75) is 44.6 Å². The van der Waals surface area contributed by atoms with Crippen molar-refractivity contribution in [2.75, 3.05) is 31.1 Å². The van der Waals surface area contributed by atoms with Crippen LogP contribution in [0.3, 0.4) is 0 Å². The lowest BCUT2D eigenvalue weighted by Gasteiger charge is -2.21. The Hall–Kier alpha value is -1.95. The van der Waals surface area contributed by atoms with Crippen molar-refractivity contribution in [2.24, 2.45) is 11.8 Å². The average molecular weight is 356 g/mol. The van der Waals surface area contributed by atoms with Crippen LogP contribution in [0.2, 0.25) is 0 Å². The van der Waals surface area contributed by atoms with Gasteiger partial charge in [-0.2, -0.15) is 0 Å². The molecule has 6 nitrogen and oxygen atoms in total. The fourth-order valence-electron chi connectivity index (χ4n) is 4.61. The van der Waals surface area contributed by atoms with Gasteiger partial charge in [-0.3, -0.25) is 14.5 Å². The number of likely N-dealkylation sites (tertiary alicyclic amines) is 1. The van der Waals surface area contributed by atoms with Crippen LogP contribution < -0.4 is 10.2 Å². The third-order valence-electron chi connectivity index (χ3n) is 6.03. The van der Waals surface area contributed by atoms with E-state index in [4.69, 9.17) is 0 Å². The van der Waals surface area contributed by atoms with Gasteiger partial charge >= 0.3 is 0 Å². The number of amides is 2. The molecule has 0 unspecified atom stereocenters. The number of rotatable bonds is 5. The standard InChI is InChI=1S/C20H28N4O2/c25-19-11-16(13-24(19)18-7-3-4-9-21-18)20(26)22-17-8-10-23(14-17)12-15-5-1-2-6-15/h3-4,7,9,15-17H,1-2,5-6,8,10-14H2,(H,22,26)/t16-,17+/m0/s1. The predicted molar refractivity (Wildman–Crippen MR) is 99.6 cm³/mol. The number of nitrogens with zero attached hydrogens (tertiary/aromatic N) is 3. The molecule has 1 aromatic rings. The maximum atomic E-state index is 12.6. The minimum Gasteiger partial charge on any atom is -0.352 e. The first-order valence-electron chi connectivity index (χ1n) is 9.93. The maximum Gasteiger partial charge on any atom is 0.229 e. The number of carbonyl (C=O) groups excluding carboxylic acids is 2. The summed E-state index contributed by atoms with van der Waals surface area (Å²) < 4.78 is 0. The quantitative estimate of drug-likeness (QED) is 0.874. The second kappa shape index (κ2) is 7.74. The Morgan fingerprint density at radius 2 is 2.04 bits per heavy atom. The summed E-state index contributed by atoms with van der Waals surface area (Å²) in [5, 5.41) is 3.19. The summed E-state index contributed by atoms with van der Waals surface area (Å²) in [4.78, 5) is 33.3. The van der Waals surface area contributed by atoms with Gasteiger partial charge in [0, 0.05) is 44.8 Å². The first kappa shape index (κ1) is 17.5. The van der Waals surface area contributed by atoms with Gasteiger partial charge < -0.3 is 10.2 Å². The zero-order valence-electron chi connectivity index (χ0n) is 15.3. The summed E-state index contributed by atoms with van der Waals surface area (Å²) >= 11 is 0. The Balaban J connectivity index is 1.27. The molecule has 1 N–H and O–H groups in total. The summed E-state index contributed by atoms with van der Waals surface area (Å²) in [7, 11) is 0. The summed E-state index contributed by atoms with van der Waals surface area (Å²) in [6.07, 6.45) is 8.45. The highest BCUT2D eigenvalue weighted by Gasteiger charge is 2.37. The van der Waals surface area contributed by atoms with Crippen LogP contribution in [-0.2, 0) is 9.59 Å². The molecule has 3 fully saturated rings. The van der Waals surface area contributed by atoms with Crippen LogP contribution in [0.15, 0.2) is 24.4 Å². The molecule has 2 atom stereocenters. The summed E-state index contributed by atoms with van der Waals surface area (Å²) in [6.45, 7) is 3.64. The van der Waals surface area contributed by atoms with Crippen molar-refractivity contribution in [1.29, 1.82) is 0 Å². The number of aromatic nitrogens is 1. The highest BCUT2D eigenvalue weighted by atomic mass is 16.2. The lowest BCUT2D eigenvalue weighted by molar-refractivity contribution is -0.126. The van der Waals surface area contributed by atoms with Gasteiger partial charge in [-0.1, -0.05) is 18.9 Å². The van der Waals surface area contributed by atoms with E-state index in [1.807, 2.05) is 18.2 Å². The summed E-state index contributed by atoms with van der Waals surface area (Å²) in [5.74, 6) is 1.22. The summed E-state index contributed by atoms with van der Waals surface area (Å²) in [6, 6.07) is 5.73. The van der Waals surface area contributed by atoms with Crippen LogP contribution in [0, 0.1) is 11.8 Å². The van der Waals surface area contributed by atoms with Crippen LogP contribution >= 0.6 is 0 Å². The Kier molecular flexibility index (Phi) is 5.20. The molecule has 3 aliphatic rings. The molecule has 140 valence electrons. The van der Waals surface area contributed by atoms with Crippen molar-refractivity contribution in [3.05, 3.63) is 24.4 Å². The lowest BCUT2D eigenvalue weighted by Crippen LogP contribution is -2.41. The van der Waals surface area contributed by atoms with E-state index in [-0.39, 0.29) is 30.2 Å². The zero-order chi connectivity index (χ0) is 17.9. The number of pyridine rings is 1. The average Bonchev–Trinajstić information content (AvgIpc) is 3.38. The monoisotopic (exact) mass is 356 g/mol. The first-order valence-corrected chi connectivity index (χ1v) is 9.93. The van der Waals surface area contributed by atoms with Crippen molar-refractivity contribution in [3.63, 3.8) is 0 Å². The smallest absolute Gasteiger partial charge is 0.229 e. The minimum atomic E-state index is -0.270. The van der Waals surface area contributed by atoms with Gasteiger partial charge in [0.05, 0.1) is 5.92 Å². The predicted octanol–water partition coefficient (Wildman–Crippen LogP) is 1.82. The highest BCUT2D eigenvalue weighted by Crippen LogP contribution is 2.27. The number of nitrogens with one attached hydrogen (secondary N) is 1.